The highest BCUT2D eigenvalue weighted by atomic mass is 16.4. The van der Waals surface area contributed by atoms with Crippen molar-refractivity contribution in [2.45, 2.75) is 12.6 Å². The van der Waals surface area contributed by atoms with E-state index in [0.29, 0.717) is 0 Å². The zero-order chi connectivity index (χ0) is 16.0. The average Bonchev–Trinajstić information content (AvgIpc) is 2.41. The van der Waals surface area contributed by atoms with Gasteiger partial charge in [0, 0.05) is 19.3 Å². The zero-order valence-corrected chi connectivity index (χ0v) is 11.2. The third-order valence-electron chi connectivity index (χ3n) is 2.73. The normalized spacial score (nSPS) is 11.9. The van der Waals surface area contributed by atoms with E-state index in [0.717, 1.165) is 9.47 Å². The molecule has 0 aliphatic heterocycles. The molecule has 0 fully saturated rings. The van der Waals surface area contributed by atoms with Crippen molar-refractivity contribution in [3.05, 3.63) is 22.7 Å². The first-order valence-corrected chi connectivity index (χ1v) is 6.06. The van der Waals surface area contributed by atoms with Crippen LogP contribution < -0.4 is 17.2 Å². The summed E-state index contributed by atoms with van der Waals surface area (Å²) < 4.78 is 0.985. The Morgan fingerprint density at radius 3 is 2.62 bits per heavy atom. The molecule has 0 radical (unpaired) electrons. The van der Waals surface area contributed by atoms with Crippen molar-refractivity contribution in [3.63, 3.8) is 0 Å². The lowest BCUT2D eigenvalue weighted by atomic mass is 10.2. The van der Waals surface area contributed by atoms with Crippen molar-refractivity contribution >= 4 is 17.7 Å². The lowest BCUT2D eigenvalue weighted by Gasteiger charge is -2.27. The predicted molar refractivity (Wildman–Crippen MR) is 72.2 cm³/mol. The summed E-state index contributed by atoms with van der Waals surface area (Å²) in [5, 5.41) is 18.1. The molecule has 116 valence electrons. The summed E-state index contributed by atoms with van der Waals surface area (Å²) in [6, 6.07) is -0.0821. The minimum Gasteiger partial charge on any atom is -0.480 e. The SMILES string of the molecule is NCCN(C(=O)Cn1ccc(N)nc1=O)C(CO)C(=O)O. The van der Waals surface area contributed by atoms with Crippen LogP contribution in [-0.4, -0.2) is 62.3 Å². The van der Waals surface area contributed by atoms with Crippen molar-refractivity contribution in [2.75, 3.05) is 25.4 Å². The van der Waals surface area contributed by atoms with E-state index in [4.69, 9.17) is 21.7 Å². The highest BCUT2D eigenvalue weighted by molar-refractivity contribution is 5.83. The number of hydrogen-bond acceptors (Lipinski definition) is 7. The number of nitrogens with two attached hydrogens (primary N) is 2. The molecule has 1 heterocycles. The molecule has 1 rings (SSSR count). The third kappa shape index (κ3) is 4.26. The van der Waals surface area contributed by atoms with Crippen LogP contribution in [0.3, 0.4) is 0 Å². The molecule has 0 saturated heterocycles. The van der Waals surface area contributed by atoms with Gasteiger partial charge in [-0.25, -0.2) is 9.59 Å². The van der Waals surface area contributed by atoms with Crippen molar-refractivity contribution in [3.8, 4) is 0 Å². The lowest BCUT2D eigenvalue weighted by Crippen LogP contribution is -2.50. The number of aliphatic hydroxyl groups is 1. The van der Waals surface area contributed by atoms with Gasteiger partial charge in [0.2, 0.25) is 5.91 Å². The summed E-state index contributed by atoms with van der Waals surface area (Å²) in [6.07, 6.45) is 1.28. The highest BCUT2D eigenvalue weighted by Crippen LogP contribution is 2.02. The van der Waals surface area contributed by atoms with Gasteiger partial charge >= 0.3 is 11.7 Å². The number of aliphatic hydroxyl groups excluding tert-OH is 1. The van der Waals surface area contributed by atoms with Crippen molar-refractivity contribution in [1.82, 2.24) is 14.5 Å². The second-order valence-corrected chi connectivity index (χ2v) is 4.18. The van der Waals surface area contributed by atoms with Crippen molar-refractivity contribution in [2.24, 2.45) is 5.73 Å². The maximum atomic E-state index is 12.1. The van der Waals surface area contributed by atoms with Gasteiger partial charge in [0.25, 0.3) is 0 Å². The number of aromatic nitrogens is 2. The number of rotatable bonds is 7. The Morgan fingerprint density at radius 2 is 2.14 bits per heavy atom. The van der Waals surface area contributed by atoms with Gasteiger partial charge < -0.3 is 26.6 Å². The van der Waals surface area contributed by atoms with Crippen LogP contribution in [0.25, 0.3) is 0 Å². The zero-order valence-electron chi connectivity index (χ0n) is 11.2. The number of carbonyl (C=O) groups excluding carboxylic acids is 1. The molecule has 10 nitrogen and oxygen atoms in total. The van der Waals surface area contributed by atoms with Crippen LogP contribution in [0.1, 0.15) is 0 Å². The fourth-order valence-electron chi connectivity index (χ4n) is 1.70. The number of anilines is 1. The summed E-state index contributed by atoms with van der Waals surface area (Å²) in [5.74, 6) is -2.01. The predicted octanol–water partition coefficient (Wildman–Crippen LogP) is -2.94. The van der Waals surface area contributed by atoms with Gasteiger partial charge in [0.1, 0.15) is 12.4 Å². The Hall–Kier alpha value is -2.46. The average molecular weight is 299 g/mol. The van der Waals surface area contributed by atoms with Crippen molar-refractivity contribution < 1.29 is 19.8 Å². The van der Waals surface area contributed by atoms with Gasteiger partial charge in [-0.1, -0.05) is 0 Å². The minimum atomic E-state index is -1.42. The molecule has 10 heteroatoms. The first-order valence-electron chi connectivity index (χ1n) is 6.06. The fraction of sp³-hybridized carbons (Fsp3) is 0.455. The Balaban J connectivity index is 2.96. The van der Waals surface area contributed by atoms with E-state index in [1.165, 1.54) is 12.3 Å². The molecule has 0 aromatic carbocycles. The van der Waals surface area contributed by atoms with E-state index >= 15 is 0 Å². The number of nitrogens with zero attached hydrogens (tertiary/aromatic N) is 3. The minimum absolute atomic E-state index is 0.0151. The van der Waals surface area contributed by atoms with Gasteiger partial charge in [0.15, 0.2) is 6.04 Å². The number of carboxylic acid groups (broad SMARTS) is 1. The molecule has 21 heavy (non-hydrogen) atoms. The van der Waals surface area contributed by atoms with Crippen LogP contribution in [0.5, 0.6) is 0 Å². The van der Waals surface area contributed by atoms with Crippen LogP contribution in [0.4, 0.5) is 5.82 Å². The molecule has 0 aliphatic rings. The molecule has 0 saturated carbocycles. The molecule has 0 spiro atoms. The van der Waals surface area contributed by atoms with Gasteiger partial charge in [-0.05, 0) is 6.07 Å². The Kier molecular flexibility index (Phi) is 5.81. The van der Waals surface area contributed by atoms with Crippen LogP contribution in [0.15, 0.2) is 17.1 Å². The van der Waals surface area contributed by atoms with E-state index < -0.39 is 36.8 Å². The van der Waals surface area contributed by atoms with Crippen LogP contribution in [0.2, 0.25) is 0 Å². The standard InChI is InChI=1S/C11H17N5O5/c12-2-4-16(7(6-17)10(19)20)9(18)5-15-3-1-8(13)14-11(15)21/h1,3,7,17H,2,4-6,12H2,(H,19,20)(H2,13,14,21). The third-order valence-corrected chi connectivity index (χ3v) is 2.73. The summed E-state index contributed by atoms with van der Waals surface area (Å²) in [7, 11) is 0. The van der Waals surface area contributed by atoms with Gasteiger partial charge in [0.05, 0.1) is 6.61 Å². The molecule has 1 aromatic rings. The van der Waals surface area contributed by atoms with E-state index in [2.05, 4.69) is 4.98 Å². The van der Waals surface area contributed by atoms with E-state index in [-0.39, 0.29) is 18.9 Å². The topological polar surface area (TPSA) is 165 Å². The number of carbonyl (C=O) groups is 2. The number of carboxylic acids is 1. The fourth-order valence-corrected chi connectivity index (χ4v) is 1.70. The maximum absolute atomic E-state index is 12.1. The van der Waals surface area contributed by atoms with Gasteiger partial charge in [-0.15, -0.1) is 0 Å². The quantitative estimate of drug-likeness (QED) is 0.415. The summed E-state index contributed by atoms with van der Waals surface area (Å²) in [6.45, 7) is -1.22. The molecule has 1 atom stereocenters. The monoisotopic (exact) mass is 299 g/mol. The maximum Gasteiger partial charge on any atom is 0.349 e. The molecule has 1 amide bonds. The number of aliphatic carboxylic acids is 1. The second-order valence-electron chi connectivity index (χ2n) is 4.18. The molecular formula is C11H17N5O5. The van der Waals surface area contributed by atoms with Crippen LogP contribution in [-0.2, 0) is 16.1 Å². The molecule has 0 aliphatic carbocycles. The van der Waals surface area contributed by atoms with E-state index in [9.17, 15) is 14.4 Å². The first-order chi connectivity index (χ1) is 9.90. The molecule has 6 N–H and O–H groups in total. The van der Waals surface area contributed by atoms with Crippen LogP contribution >= 0.6 is 0 Å². The lowest BCUT2D eigenvalue weighted by molar-refractivity contribution is -0.152. The van der Waals surface area contributed by atoms with Gasteiger partial charge in [-0.3, -0.25) is 9.36 Å². The van der Waals surface area contributed by atoms with E-state index in [1.807, 2.05) is 0 Å². The largest absolute Gasteiger partial charge is 0.480 e. The smallest absolute Gasteiger partial charge is 0.349 e. The van der Waals surface area contributed by atoms with Crippen LogP contribution in [0, 0.1) is 0 Å². The summed E-state index contributed by atoms with van der Waals surface area (Å²) in [5.41, 5.74) is 9.94. The number of amides is 1. The second kappa shape index (κ2) is 7.36. The summed E-state index contributed by atoms with van der Waals surface area (Å²) in [4.78, 5) is 39.0. The molecule has 1 unspecified atom stereocenters. The van der Waals surface area contributed by atoms with E-state index in [1.54, 1.807) is 0 Å². The van der Waals surface area contributed by atoms with Crippen molar-refractivity contribution in [1.29, 1.82) is 0 Å². The molecule has 0 bridgehead atoms. The first kappa shape index (κ1) is 16.6. The Bertz CT molecular complexity index is 572. The van der Waals surface area contributed by atoms with Gasteiger partial charge in [-0.2, -0.15) is 4.98 Å². The molecular weight excluding hydrogens is 282 g/mol. The number of nitrogen functional groups attached to an aromatic ring is 1. The summed E-state index contributed by atoms with van der Waals surface area (Å²) >= 11 is 0. The highest BCUT2D eigenvalue weighted by Gasteiger charge is 2.28. The Morgan fingerprint density at radius 1 is 1.48 bits per heavy atom. The Labute approximate surface area is 119 Å². The molecule has 1 aromatic heterocycles. The number of hydrogen-bond donors (Lipinski definition) is 4.